The smallest absolute Gasteiger partial charge is 0.248 e. The van der Waals surface area contributed by atoms with Crippen LogP contribution in [0.2, 0.25) is 10.0 Å². The lowest BCUT2D eigenvalue weighted by atomic mass is 10.2. The first-order valence-electron chi connectivity index (χ1n) is 8.79. The van der Waals surface area contributed by atoms with Crippen LogP contribution in [0.3, 0.4) is 0 Å². The van der Waals surface area contributed by atoms with Crippen LogP contribution in [0.25, 0.3) is 21.6 Å². The van der Waals surface area contributed by atoms with Gasteiger partial charge in [-0.3, -0.25) is 4.79 Å². The summed E-state index contributed by atoms with van der Waals surface area (Å²) in [6.07, 6.45) is 3.84. The molecular weight excluding hydrogens is 429 g/mol. The predicted molar refractivity (Wildman–Crippen MR) is 118 cm³/mol. The number of anilines is 1. The summed E-state index contributed by atoms with van der Waals surface area (Å²) in [5.41, 5.74) is 2.35. The van der Waals surface area contributed by atoms with Crippen molar-refractivity contribution in [3.05, 3.63) is 70.0 Å². The Morgan fingerprint density at radius 2 is 1.97 bits per heavy atom. The second-order valence-electron chi connectivity index (χ2n) is 6.14. The zero-order valence-corrected chi connectivity index (χ0v) is 17.6. The first kappa shape index (κ1) is 19.6. The number of carbonyl (C=O) groups is 1. The number of nitrogens with one attached hydrogen (secondary N) is 1. The number of aryl methyl sites for hydroxylation is 1. The van der Waals surface area contributed by atoms with E-state index in [2.05, 4.69) is 20.6 Å². The van der Waals surface area contributed by atoms with Crippen LogP contribution in [0.1, 0.15) is 18.3 Å². The van der Waals surface area contributed by atoms with Crippen LogP contribution in [-0.2, 0) is 11.2 Å². The van der Waals surface area contributed by atoms with Gasteiger partial charge in [0.15, 0.2) is 5.82 Å². The van der Waals surface area contributed by atoms with Gasteiger partial charge < -0.3 is 5.32 Å². The highest BCUT2D eigenvalue weighted by molar-refractivity contribution is 7.19. The van der Waals surface area contributed by atoms with Gasteiger partial charge >= 0.3 is 0 Å². The van der Waals surface area contributed by atoms with Crippen LogP contribution in [0.4, 0.5) is 5.69 Å². The molecule has 0 saturated heterocycles. The highest BCUT2D eigenvalue weighted by Crippen LogP contribution is 2.27. The number of amides is 1. The fourth-order valence-corrected chi connectivity index (χ4v) is 4.01. The van der Waals surface area contributed by atoms with E-state index in [0.717, 1.165) is 33.3 Å². The Kier molecular flexibility index (Phi) is 5.62. The molecule has 6 nitrogen and oxygen atoms in total. The molecule has 2 aromatic carbocycles. The zero-order valence-electron chi connectivity index (χ0n) is 15.3. The van der Waals surface area contributed by atoms with Gasteiger partial charge in [0.25, 0.3) is 0 Å². The first-order valence-corrected chi connectivity index (χ1v) is 10.4. The van der Waals surface area contributed by atoms with E-state index in [1.54, 1.807) is 28.8 Å². The summed E-state index contributed by atoms with van der Waals surface area (Å²) in [6.45, 7) is 2.02. The molecule has 29 heavy (non-hydrogen) atoms. The van der Waals surface area contributed by atoms with E-state index in [-0.39, 0.29) is 5.91 Å². The molecule has 0 aliphatic heterocycles. The molecule has 0 aliphatic rings. The lowest BCUT2D eigenvalue weighted by molar-refractivity contribution is -0.111. The number of hydrogen-bond acceptors (Lipinski definition) is 5. The average molecular weight is 444 g/mol. The Morgan fingerprint density at radius 3 is 2.69 bits per heavy atom. The Hall–Kier alpha value is -2.74. The fourth-order valence-electron chi connectivity index (χ4n) is 2.68. The van der Waals surface area contributed by atoms with Crippen LogP contribution in [0.15, 0.2) is 48.5 Å². The molecule has 4 aromatic rings. The van der Waals surface area contributed by atoms with Crippen molar-refractivity contribution in [2.45, 2.75) is 13.3 Å². The predicted octanol–water partition coefficient (Wildman–Crippen LogP) is 5.37. The van der Waals surface area contributed by atoms with Crippen molar-refractivity contribution in [1.82, 2.24) is 19.8 Å². The summed E-state index contributed by atoms with van der Waals surface area (Å²) in [7, 11) is 0. The highest BCUT2D eigenvalue weighted by Gasteiger charge is 2.11. The molecular formula is C20H15Cl2N5OS. The number of halogens is 2. The number of aromatic nitrogens is 4. The standard InChI is InChI=1S/C20H15Cl2N5OS/c1-2-17-24-25-20-27(17)26-19(29-20)13-4-8-15(9-5-13)23-18(28)10-6-12-3-7-14(21)11-16(12)22/h3-11H,2H2,1H3,(H,23,28). The molecule has 2 heterocycles. The maximum atomic E-state index is 12.2. The second-order valence-corrected chi connectivity index (χ2v) is 7.94. The molecule has 2 aromatic heterocycles. The van der Waals surface area contributed by atoms with Crippen molar-refractivity contribution in [1.29, 1.82) is 0 Å². The molecule has 0 atom stereocenters. The van der Waals surface area contributed by atoms with Crippen LogP contribution < -0.4 is 5.32 Å². The van der Waals surface area contributed by atoms with Crippen molar-refractivity contribution in [3.8, 4) is 10.6 Å². The van der Waals surface area contributed by atoms with E-state index < -0.39 is 0 Å². The van der Waals surface area contributed by atoms with Crippen molar-refractivity contribution in [3.63, 3.8) is 0 Å². The third-order valence-electron chi connectivity index (χ3n) is 4.15. The normalized spacial score (nSPS) is 11.4. The Labute approximate surface area is 180 Å². The zero-order chi connectivity index (χ0) is 20.4. The maximum Gasteiger partial charge on any atom is 0.248 e. The Morgan fingerprint density at radius 1 is 1.17 bits per heavy atom. The van der Waals surface area contributed by atoms with Crippen molar-refractivity contribution < 1.29 is 4.79 Å². The van der Waals surface area contributed by atoms with E-state index in [4.69, 9.17) is 23.2 Å². The molecule has 0 aliphatic carbocycles. The topological polar surface area (TPSA) is 72.2 Å². The number of hydrogen-bond donors (Lipinski definition) is 1. The highest BCUT2D eigenvalue weighted by atomic mass is 35.5. The summed E-state index contributed by atoms with van der Waals surface area (Å²) in [6, 6.07) is 12.6. The Bertz CT molecular complexity index is 1210. The van der Waals surface area contributed by atoms with Gasteiger partial charge in [0.05, 0.1) is 0 Å². The number of benzene rings is 2. The summed E-state index contributed by atoms with van der Waals surface area (Å²) >= 11 is 13.5. The number of rotatable bonds is 5. The third kappa shape index (κ3) is 4.32. The van der Waals surface area contributed by atoms with E-state index in [1.807, 2.05) is 31.2 Å². The molecule has 1 N–H and O–H groups in total. The van der Waals surface area contributed by atoms with Gasteiger partial charge in [0, 0.05) is 33.8 Å². The lowest BCUT2D eigenvalue weighted by Crippen LogP contribution is -2.07. The molecule has 0 saturated carbocycles. The molecule has 1 amide bonds. The van der Waals surface area contributed by atoms with Crippen LogP contribution in [0, 0.1) is 0 Å². The van der Waals surface area contributed by atoms with Crippen LogP contribution >= 0.6 is 34.5 Å². The van der Waals surface area contributed by atoms with Gasteiger partial charge in [0.2, 0.25) is 10.9 Å². The molecule has 0 bridgehead atoms. The first-order chi connectivity index (χ1) is 14.0. The molecule has 4 rings (SSSR count). The van der Waals surface area contributed by atoms with Gasteiger partial charge in [-0.2, -0.15) is 9.61 Å². The van der Waals surface area contributed by atoms with Gasteiger partial charge in [-0.05, 0) is 48.0 Å². The van der Waals surface area contributed by atoms with E-state index >= 15 is 0 Å². The average Bonchev–Trinajstić information content (AvgIpc) is 3.28. The van der Waals surface area contributed by atoms with Crippen LogP contribution in [-0.4, -0.2) is 25.7 Å². The van der Waals surface area contributed by atoms with E-state index in [0.29, 0.717) is 15.7 Å². The van der Waals surface area contributed by atoms with Crippen molar-refractivity contribution in [2.75, 3.05) is 5.32 Å². The van der Waals surface area contributed by atoms with Crippen molar-refractivity contribution >= 4 is 57.2 Å². The second kappa shape index (κ2) is 8.32. The van der Waals surface area contributed by atoms with Gasteiger partial charge in [-0.15, -0.1) is 10.2 Å². The number of carbonyl (C=O) groups excluding carboxylic acids is 1. The quantitative estimate of drug-likeness (QED) is 0.420. The summed E-state index contributed by atoms with van der Waals surface area (Å²) in [4.78, 5) is 12.9. The third-order valence-corrected chi connectivity index (χ3v) is 5.66. The summed E-state index contributed by atoms with van der Waals surface area (Å²) in [5.74, 6) is 0.578. The van der Waals surface area contributed by atoms with Gasteiger partial charge in [-0.1, -0.05) is 47.5 Å². The van der Waals surface area contributed by atoms with Gasteiger partial charge in [-0.25, -0.2) is 0 Å². The molecule has 0 radical (unpaired) electrons. The van der Waals surface area contributed by atoms with E-state index in [9.17, 15) is 4.79 Å². The SMILES string of the molecule is CCc1nnc2sc(-c3ccc(NC(=O)C=Cc4ccc(Cl)cc4Cl)cc3)nn12. The van der Waals surface area contributed by atoms with Crippen LogP contribution in [0.5, 0.6) is 0 Å². The Balaban J connectivity index is 1.45. The summed E-state index contributed by atoms with van der Waals surface area (Å²) < 4.78 is 1.77. The van der Waals surface area contributed by atoms with Gasteiger partial charge in [0.1, 0.15) is 5.01 Å². The maximum absolute atomic E-state index is 12.2. The minimum absolute atomic E-state index is 0.254. The van der Waals surface area contributed by atoms with E-state index in [1.165, 1.54) is 17.4 Å². The minimum atomic E-state index is -0.254. The fraction of sp³-hybridized carbons (Fsp3) is 0.100. The molecule has 0 spiro atoms. The molecule has 0 unspecified atom stereocenters. The largest absolute Gasteiger partial charge is 0.323 e. The van der Waals surface area contributed by atoms with Crippen molar-refractivity contribution in [2.24, 2.45) is 0 Å². The molecule has 9 heteroatoms. The molecule has 0 fully saturated rings. The minimum Gasteiger partial charge on any atom is -0.323 e. The summed E-state index contributed by atoms with van der Waals surface area (Å²) in [5, 5.41) is 17.5. The monoisotopic (exact) mass is 443 g/mol. The molecule has 146 valence electrons. The lowest BCUT2D eigenvalue weighted by Gasteiger charge is -2.03. The number of nitrogens with zero attached hydrogens (tertiary/aromatic N) is 4. The number of fused-ring (bicyclic) bond motifs is 1.